The molecule has 2 aromatic carbocycles. The lowest BCUT2D eigenvalue weighted by Crippen LogP contribution is -2.32. The van der Waals surface area contributed by atoms with Gasteiger partial charge in [0.15, 0.2) is 0 Å². The van der Waals surface area contributed by atoms with Gasteiger partial charge in [-0.05, 0) is 40.2 Å². The average Bonchev–Trinajstić information content (AvgIpc) is 2.63. The van der Waals surface area contributed by atoms with Crippen LogP contribution in [0.4, 0.5) is 4.79 Å². The Balaban J connectivity index is 2.11. The highest BCUT2D eigenvalue weighted by atomic mass is 16.2. The first-order chi connectivity index (χ1) is 13.1. The van der Waals surface area contributed by atoms with Crippen LogP contribution in [0, 0.1) is 5.92 Å². The molecule has 0 aliphatic heterocycles. The van der Waals surface area contributed by atoms with Crippen LogP contribution in [0.5, 0.6) is 0 Å². The SMILES string of the molecule is CC(C)C(NC(=O)c1ccc(CNC(N)=O)cc1)c1ccc(C(C)(C)C)cc1. The van der Waals surface area contributed by atoms with E-state index in [0.717, 1.165) is 11.1 Å². The first kappa shape index (κ1) is 21.5. The third kappa shape index (κ3) is 5.84. The number of hydrogen-bond acceptors (Lipinski definition) is 2. The third-order valence-electron chi connectivity index (χ3n) is 4.77. The molecule has 2 aromatic rings. The molecule has 0 aliphatic rings. The Morgan fingerprint density at radius 1 is 0.964 bits per heavy atom. The lowest BCUT2D eigenvalue weighted by atomic mass is 9.85. The van der Waals surface area contributed by atoms with E-state index in [1.807, 2.05) is 12.1 Å². The quantitative estimate of drug-likeness (QED) is 0.698. The molecule has 0 bridgehead atoms. The summed E-state index contributed by atoms with van der Waals surface area (Å²) < 4.78 is 0. The first-order valence-electron chi connectivity index (χ1n) is 9.61. The highest BCUT2D eigenvalue weighted by Crippen LogP contribution is 2.27. The van der Waals surface area contributed by atoms with Crippen molar-refractivity contribution >= 4 is 11.9 Å². The highest BCUT2D eigenvalue weighted by Gasteiger charge is 2.20. The first-order valence-corrected chi connectivity index (χ1v) is 9.61. The van der Waals surface area contributed by atoms with E-state index in [1.54, 1.807) is 12.1 Å². The fraction of sp³-hybridized carbons (Fsp3) is 0.391. The standard InChI is InChI=1S/C23H31N3O2/c1-15(2)20(17-10-12-19(13-11-17)23(3,4)5)26-21(27)18-8-6-16(7-9-18)14-25-22(24)28/h6-13,15,20H,14H2,1-5H3,(H,26,27)(H3,24,25,28). The van der Waals surface area contributed by atoms with Crippen molar-refractivity contribution in [3.63, 3.8) is 0 Å². The number of amides is 3. The molecule has 28 heavy (non-hydrogen) atoms. The molecule has 150 valence electrons. The molecule has 1 atom stereocenters. The number of nitrogens with two attached hydrogens (primary N) is 1. The van der Waals surface area contributed by atoms with Gasteiger partial charge in [0.05, 0.1) is 6.04 Å². The molecule has 0 aromatic heterocycles. The van der Waals surface area contributed by atoms with E-state index in [0.29, 0.717) is 12.1 Å². The molecule has 0 saturated carbocycles. The van der Waals surface area contributed by atoms with Crippen LogP contribution in [0.1, 0.15) is 67.7 Å². The number of carbonyl (C=O) groups excluding carboxylic acids is 2. The van der Waals surface area contributed by atoms with Gasteiger partial charge >= 0.3 is 6.03 Å². The van der Waals surface area contributed by atoms with E-state index in [-0.39, 0.29) is 23.3 Å². The Labute approximate surface area is 167 Å². The molecule has 4 N–H and O–H groups in total. The molecule has 5 heteroatoms. The van der Waals surface area contributed by atoms with Crippen molar-refractivity contribution in [1.29, 1.82) is 0 Å². The minimum absolute atomic E-state index is 0.0716. The molecule has 0 spiro atoms. The van der Waals surface area contributed by atoms with Crippen molar-refractivity contribution < 1.29 is 9.59 Å². The number of carbonyl (C=O) groups is 2. The van der Waals surface area contributed by atoms with Crippen LogP contribution in [0.25, 0.3) is 0 Å². The zero-order chi connectivity index (χ0) is 20.9. The van der Waals surface area contributed by atoms with Gasteiger partial charge < -0.3 is 16.4 Å². The van der Waals surface area contributed by atoms with Crippen LogP contribution in [-0.2, 0) is 12.0 Å². The summed E-state index contributed by atoms with van der Waals surface area (Å²) in [4.78, 5) is 23.5. The number of hydrogen-bond donors (Lipinski definition) is 3. The van der Waals surface area contributed by atoms with Crippen molar-refractivity contribution in [2.45, 2.75) is 52.6 Å². The van der Waals surface area contributed by atoms with E-state index < -0.39 is 6.03 Å². The summed E-state index contributed by atoms with van der Waals surface area (Å²) in [7, 11) is 0. The molecule has 0 radical (unpaired) electrons. The minimum atomic E-state index is -0.570. The number of urea groups is 1. The fourth-order valence-electron chi connectivity index (χ4n) is 3.01. The van der Waals surface area contributed by atoms with Gasteiger partial charge in [-0.15, -0.1) is 0 Å². The Morgan fingerprint density at radius 2 is 1.54 bits per heavy atom. The zero-order valence-corrected chi connectivity index (χ0v) is 17.4. The maximum atomic E-state index is 12.7. The summed E-state index contributed by atoms with van der Waals surface area (Å²) in [5.41, 5.74) is 9.00. The molecular weight excluding hydrogens is 350 g/mol. The van der Waals surface area contributed by atoms with Gasteiger partial charge in [0, 0.05) is 12.1 Å². The van der Waals surface area contributed by atoms with Crippen LogP contribution in [-0.4, -0.2) is 11.9 Å². The number of primary amides is 1. The van der Waals surface area contributed by atoms with Gasteiger partial charge in [0.25, 0.3) is 5.91 Å². The second-order valence-corrected chi connectivity index (χ2v) is 8.48. The molecule has 3 amide bonds. The Kier molecular flexibility index (Phi) is 6.84. The van der Waals surface area contributed by atoms with Crippen LogP contribution < -0.4 is 16.4 Å². The summed E-state index contributed by atoms with van der Waals surface area (Å²) in [6.45, 7) is 11.1. The van der Waals surface area contributed by atoms with Crippen molar-refractivity contribution in [3.8, 4) is 0 Å². The molecule has 0 fully saturated rings. The summed E-state index contributed by atoms with van der Waals surface area (Å²) in [6, 6.07) is 15.0. The van der Waals surface area contributed by atoms with Crippen LogP contribution >= 0.6 is 0 Å². The Bertz CT molecular complexity index is 803. The highest BCUT2D eigenvalue weighted by molar-refractivity contribution is 5.94. The Morgan fingerprint density at radius 3 is 2.00 bits per heavy atom. The minimum Gasteiger partial charge on any atom is -0.352 e. The zero-order valence-electron chi connectivity index (χ0n) is 17.4. The second kappa shape index (κ2) is 8.91. The Hall–Kier alpha value is -2.82. The smallest absolute Gasteiger partial charge is 0.312 e. The van der Waals surface area contributed by atoms with Gasteiger partial charge in [-0.1, -0.05) is 71.0 Å². The van der Waals surface area contributed by atoms with Gasteiger partial charge in [-0.2, -0.15) is 0 Å². The van der Waals surface area contributed by atoms with Gasteiger partial charge in [0.1, 0.15) is 0 Å². The molecule has 0 heterocycles. The van der Waals surface area contributed by atoms with Gasteiger partial charge in [0.2, 0.25) is 0 Å². The lowest BCUT2D eigenvalue weighted by Gasteiger charge is -2.25. The van der Waals surface area contributed by atoms with Gasteiger partial charge in [-0.25, -0.2) is 4.79 Å². The second-order valence-electron chi connectivity index (χ2n) is 8.48. The third-order valence-corrected chi connectivity index (χ3v) is 4.77. The van der Waals surface area contributed by atoms with E-state index >= 15 is 0 Å². The van der Waals surface area contributed by atoms with Crippen molar-refractivity contribution in [2.24, 2.45) is 11.7 Å². The van der Waals surface area contributed by atoms with Crippen LogP contribution in [0.3, 0.4) is 0 Å². The maximum Gasteiger partial charge on any atom is 0.312 e. The largest absolute Gasteiger partial charge is 0.352 e. The predicted molar refractivity (Wildman–Crippen MR) is 113 cm³/mol. The molecule has 0 aliphatic carbocycles. The maximum absolute atomic E-state index is 12.7. The number of nitrogens with one attached hydrogen (secondary N) is 2. The summed E-state index contributed by atoms with van der Waals surface area (Å²) in [6.07, 6.45) is 0. The lowest BCUT2D eigenvalue weighted by molar-refractivity contribution is 0.0925. The van der Waals surface area contributed by atoms with Crippen molar-refractivity contribution in [3.05, 3.63) is 70.8 Å². The van der Waals surface area contributed by atoms with E-state index in [1.165, 1.54) is 5.56 Å². The van der Waals surface area contributed by atoms with Crippen molar-refractivity contribution in [2.75, 3.05) is 0 Å². The molecule has 2 rings (SSSR count). The molecule has 0 saturated heterocycles. The van der Waals surface area contributed by atoms with E-state index in [4.69, 9.17) is 5.73 Å². The molecular formula is C23H31N3O2. The average molecular weight is 382 g/mol. The summed E-state index contributed by atoms with van der Waals surface area (Å²) in [5, 5.41) is 5.68. The van der Waals surface area contributed by atoms with Crippen molar-refractivity contribution in [1.82, 2.24) is 10.6 Å². The fourth-order valence-corrected chi connectivity index (χ4v) is 3.01. The topological polar surface area (TPSA) is 84.2 Å². The molecule has 1 unspecified atom stereocenters. The van der Waals surface area contributed by atoms with Gasteiger partial charge in [-0.3, -0.25) is 4.79 Å². The predicted octanol–water partition coefficient (Wildman–Crippen LogP) is 4.28. The number of rotatable bonds is 6. The molecule has 5 nitrogen and oxygen atoms in total. The summed E-state index contributed by atoms with van der Waals surface area (Å²) in [5.74, 6) is 0.136. The van der Waals surface area contributed by atoms with E-state index in [2.05, 4.69) is 69.5 Å². The normalized spacial score (nSPS) is 12.5. The monoisotopic (exact) mass is 381 g/mol. The number of benzene rings is 2. The van der Waals surface area contributed by atoms with Crippen LogP contribution in [0.15, 0.2) is 48.5 Å². The summed E-state index contributed by atoms with van der Waals surface area (Å²) >= 11 is 0. The van der Waals surface area contributed by atoms with E-state index in [9.17, 15) is 9.59 Å². The van der Waals surface area contributed by atoms with Crippen LogP contribution in [0.2, 0.25) is 0 Å².